The Morgan fingerprint density at radius 3 is 2.83 bits per heavy atom. The molecular formula is C18H17N3O2. The van der Waals surface area contributed by atoms with Crippen LogP contribution >= 0.6 is 0 Å². The SMILES string of the molecule is CC(NC(=O)/C=C/c1ccco1)c1ncc(-c2ccccc2)[nH]1. The maximum absolute atomic E-state index is 11.9. The number of hydrogen-bond acceptors (Lipinski definition) is 3. The lowest BCUT2D eigenvalue weighted by Crippen LogP contribution is -2.25. The largest absolute Gasteiger partial charge is 0.465 e. The Morgan fingerprint density at radius 1 is 1.26 bits per heavy atom. The number of carbonyl (C=O) groups is 1. The number of imidazole rings is 1. The second kappa shape index (κ2) is 6.79. The summed E-state index contributed by atoms with van der Waals surface area (Å²) in [6.07, 6.45) is 6.40. The van der Waals surface area contributed by atoms with Crippen LogP contribution in [0.15, 0.2) is 65.4 Å². The number of furan rings is 1. The van der Waals surface area contributed by atoms with Gasteiger partial charge in [-0.3, -0.25) is 4.79 Å². The first-order valence-corrected chi connectivity index (χ1v) is 7.35. The highest BCUT2D eigenvalue weighted by Crippen LogP contribution is 2.18. The number of aromatic amines is 1. The second-order valence-corrected chi connectivity index (χ2v) is 5.13. The number of rotatable bonds is 5. The summed E-state index contributed by atoms with van der Waals surface area (Å²) < 4.78 is 5.14. The molecule has 3 rings (SSSR count). The molecule has 0 aliphatic carbocycles. The summed E-state index contributed by atoms with van der Waals surface area (Å²) in [6.45, 7) is 1.88. The number of H-pyrrole nitrogens is 1. The van der Waals surface area contributed by atoms with Gasteiger partial charge in [-0.2, -0.15) is 0 Å². The first-order valence-electron chi connectivity index (χ1n) is 7.35. The van der Waals surface area contributed by atoms with Gasteiger partial charge < -0.3 is 14.7 Å². The van der Waals surface area contributed by atoms with E-state index in [1.54, 1.807) is 30.7 Å². The Hall–Kier alpha value is -3.08. The molecule has 0 saturated heterocycles. The molecule has 116 valence electrons. The summed E-state index contributed by atoms with van der Waals surface area (Å²) in [5.41, 5.74) is 1.98. The van der Waals surface area contributed by atoms with E-state index in [1.807, 2.05) is 37.3 Å². The molecule has 0 bridgehead atoms. The van der Waals surface area contributed by atoms with E-state index in [9.17, 15) is 4.79 Å². The summed E-state index contributed by atoms with van der Waals surface area (Å²) in [5.74, 6) is 1.15. The fraction of sp³-hybridized carbons (Fsp3) is 0.111. The smallest absolute Gasteiger partial charge is 0.244 e. The van der Waals surface area contributed by atoms with Gasteiger partial charge in [0.15, 0.2) is 0 Å². The van der Waals surface area contributed by atoms with Gasteiger partial charge in [0.1, 0.15) is 11.6 Å². The van der Waals surface area contributed by atoms with Crippen molar-refractivity contribution in [1.82, 2.24) is 15.3 Å². The minimum atomic E-state index is -0.221. The van der Waals surface area contributed by atoms with Crippen molar-refractivity contribution in [2.45, 2.75) is 13.0 Å². The van der Waals surface area contributed by atoms with E-state index >= 15 is 0 Å². The zero-order valence-electron chi connectivity index (χ0n) is 12.7. The maximum Gasteiger partial charge on any atom is 0.244 e. The third-order valence-corrected chi connectivity index (χ3v) is 3.39. The van der Waals surface area contributed by atoms with Gasteiger partial charge in [-0.05, 0) is 30.7 Å². The fourth-order valence-electron chi connectivity index (χ4n) is 2.19. The zero-order chi connectivity index (χ0) is 16.1. The molecule has 23 heavy (non-hydrogen) atoms. The summed E-state index contributed by atoms with van der Waals surface area (Å²) in [7, 11) is 0. The summed E-state index contributed by atoms with van der Waals surface area (Å²) in [4.78, 5) is 19.5. The van der Waals surface area contributed by atoms with Crippen LogP contribution in [0.5, 0.6) is 0 Å². The highest BCUT2D eigenvalue weighted by molar-refractivity contribution is 5.91. The van der Waals surface area contributed by atoms with Gasteiger partial charge in [-0.25, -0.2) is 4.98 Å². The van der Waals surface area contributed by atoms with Crippen molar-refractivity contribution in [3.63, 3.8) is 0 Å². The van der Waals surface area contributed by atoms with Gasteiger partial charge in [0.05, 0.1) is 24.2 Å². The minimum Gasteiger partial charge on any atom is -0.465 e. The van der Waals surface area contributed by atoms with Crippen LogP contribution in [-0.4, -0.2) is 15.9 Å². The van der Waals surface area contributed by atoms with Crippen LogP contribution in [0.25, 0.3) is 17.3 Å². The summed E-state index contributed by atoms with van der Waals surface area (Å²) >= 11 is 0. The number of benzene rings is 1. The molecule has 5 heteroatoms. The normalized spacial score (nSPS) is 12.4. The monoisotopic (exact) mass is 307 g/mol. The standard InChI is InChI=1S/C18H17N3O2/c1-13(20-17(22)10-9-15-8-5-11-23-15)18-19-12-16(21-18)14-6-3-2-4-7-14/h2-13H,1H3,(H,19,21)(H,20,22)/b10-9+. The van der Waals surface area contributed by atoms with Crippen molar-refractivity contribution < 1.29 is 9.21 Å². The number of nitrogens with zero attached hydrogens (tertiary/aromatic N) is 1. The molecule has 3 aromatic rings. The number of carbonyl (C=O) groups excluding carboxylic acids is 1. The predicted octanol–water partition coefficient (Wildman–Crippen LogP) is 3.56. The van der Waals surface area contributed by atoms with Crippen LogP contribution in [0.2, 0.25) is 0 Å². The predicted molar refractivity (Wildman–Crippen MR) is 88.3 cm³/mol. The molecule has 1 unspecified atom stereocenters. The van der Waals surface area contributed by atoms with E-state index in [1.165, 1.54) is 6.08 Å². The topological polar surface area (TPSA) is 70.9 Å². The molecule has 5 nitrogen and oxygen atoms in total. The van der Waals surface area contributed by atoms with Crippen LogP contribution < -0.4 is 5.32 Å². The molecular weight excluding hydrogens is 290 g/mol. The molecule has 2 heterocycles. The van der Waals surface area contributed by atoms with Crippen molar-refractivity contribution >= 4 is 12.0 Å². The van der Waals surface area contributed by atoms with Crippen molar-refractivity contribution in [3.05, 3.63) is 72.6 Å². The first kappa shape index (κ1) is 14.8. The Balaban J connectivity index is 1.63. The zero-order valence-corrected chi connectivity index (χ0v) is 12.7. The van der Waals surface area contributed by atoms with Gasteiger partial charge in [0.2, 0.25) is 5.91 Å². The van der Waals surface area contributed by atoms with E-state index in [-0.39, 0.29) is 11.9 Å². The lowest BCUT2D eigenvalue weighted by atomic mass is 10.2. The average Bonchev–Trinajstić information content (AvgIpc) is 3.25. The number of hydrogen-bond donors (Lipinski definition) is 2. The molecule has 1 aromatic carbocycles. The lowest BCUT2D eigenvalue weighted by Gasteiger charge is -2.09. The van der Waals surface area contributed by atoms with Crippen LogP contribution in [0.1, 0.15) is 24.6 Å². The Labute approximate surface area is 134 Å². The van der Waals surface area contributed by atoms with Crippen molar-refractivity contribution in [2.75, 3.05) is 0 Å². The Bertz CT molecular complexity index is 789. The molecule has 2 N–H and O–H groups in total. The van der Waals surface area contributed by atoms with Crippen LogP contribution in [-0.2, 0) is 4.79 Å². The quantitative estimate of drug-likeness (QED) is 0.708. The highest BCUT2D eigenvalue weighted by Gasteiger charge is 2.12. The van der Waals surface area contributed by atoms with Crippen molar-refractivity contribution in [1.29, 1.82) is 0 Å². The first-order chi connectivity index (χ1) is 11.2. The molecule has 0 saturated carbocycles. The molecule has 0 aliphatic heterocycles. The van der Waals surface area contributed by atoms with Crippen LogP contribution in [0, 0.1) is 0 Å². The average molecular weight is 307 g/mol. The Morgan fingerprint density at radius 2 is 2.09 bits per heavy atom. The Kier molecular flexibility index (Phi) is 4.38. The minimum absolute atomic E-state index is 0.202. The van der Waals surface area contributed by atoms with Crippen molar-refractivity contribution in [3.8, 4) is 11.3 Å². The van der Waals surface area contributed by atoms with Crippen LogP contribution in [0.3, 0.4) is 0 Å². The maximum atomic E-state index is 11.9. The van der Waals surface area contributed by atoms with E-state index in [2.05, 4.69) is 15.3 Å². The molecule has 0 radical (unpaired) electrons. The van der Waals surface area contributed by atoms with E-state index < -0.39 is 0 Å². The number of aromatic nitrogens is 2. The summed E-state index contributed by atoms with van der Waals surface area (Å²) in [5, 5.41) is 2.86. The molecule has 0 spiro atoms. The lowest BCUT2D eigenvalue weighted by molar-refractivity contribution is -0.117. The second-order valence-electron chi connectivity index (χ2n) is 5.13. The molecule has 0 aliphatic rings. The third-order valence-electron chi connectivity index (χ3n) is 3.39. The van der Waals surface area contributed by atoms with Gasteiger partial charge in [0, 0.05) is 6.08 Å². The fourth-order valence-corrected chi connectivity index (χ4v) is 2.19. The molecule has 1 atom stereocenters. The van der Waals surface area contributed by atoms with E-state index in [0.29, 0.717) is 11.6 Å². The number of amides is 1. The van der Waals surface area contributed by atoms with Crippen molar-refractivity contribution in [2.24, 2.45) is 0 Å². The molecule has 2 aromatic heterocycles. The van der Waals surface area contributed by atoms with Gasteiger partial charge in [-0.15, -0.1) is 0 Å². The summed E-state index contributed by atoms with van der Waals surface area (Å²) in [6, 6.07) is 13.3. The van der Waals surface area contributed by atoms with E-state index in [0.717, 1.165) is 11.3 Å². The van der Waals surface area contributed by atoms with E-state index in [4.69, 9.17) is 4.42 Å². The number of nitrogens with one attached hydrogen (secondary N) is 2. The third kappa shape index (κ3) is 3.77. The van der Waals surface area contributed by atoms with Gasteiger partial charge in [-0.1, -0.05) is 30.3 Å². The van der Waals surface area contributed by atoms with Gasteiger partial charge in [0.25, 0.3) is 0 Å². The highest BCUT2D eigenvalue weighted by atomic mass is 16.3. The molecule has 0 fully saturated rings. The van der Waals surface area contributed by atoms with Gasteiger partial charge >= 0.3 is 0 Å². The van der Waals surface area contributed by atoms with Crippen LogP contribution in [0.4, 0.5) is 0 Å². The molecule has 1 amide bonds.